The van der Waals surface area contributed by atoms with Crippen LogP contribution in [0.1, 0.15) is 11.1 Å². The molecule has 7 heteroatoms. The quantitative estimate of drug-likeness (QED) is 0.814. The summed E-state index contributed by atoms with van der Waals surface area (Å²) >= 11 is 12.4. The second-order valence-corrected chi connectivity index (χ2v) is 7.71. The van der Waals surface area contributed by atoms with Gasteiger partial charge >= 0.3 is 5.97 Å². The fraction of sp³-hybridized carbons (Fsp3) is 0.350. The highest BCUT2D eigenvalue weighted by Gasteiger charge is 2.38. The highest BCUT2D eigenvalue weighted by Crippen LogP contribution is 2.38. The minimum atomic E-state index is -0.725. The van der Waals surface area contributed by atoms with Gasteiger partial charge < -0.3 is 14.6 Å². The lowest BCUT2D eigenvalue weighted by molar-refractivity contribution is -0.149. The first-order chi connectivity index (χ1) is 13.0. The molecule has 0 spiro atoms. The van der Waals surface area contributed by atoms with Gasteiger partial charge in [-0.25, -0.2) is 0 Å². The van der Waals surface area contributed by atoms with Gasteiger partial charge in [0.05, 0.1) is 5.92 Å². The third kappa shape index (κ3) is 3.72. The van der Waals surface area contributed by atoms with Crippen molar-refractivity contribution in [3.8, 4) is 11.5 Å². The maximum Gasteiger partial charge on any atom is 0.309 e. The molecule has 2 aromatic rings. The number of para-hydroxylation sites is 1. The number of aliphatic carboxylic acids is 1. The highest BCUT2D eigenvalue weighted by molar-refractivity contribution is 6.35. The molecule has 0 saturated carbocycles. The van der Waals surface area contributed by atoms with Crippen LogP contribution in [-0.2, 0) is 17.8 Å². The molecule has 5 nitrogen and oxygen atoms in total. The van der Waals surface area contributed by atoms with Crippen LogP contribution in [0.3, 0.4) is 0 Å². The van der Waals surface area contributed by atoms with Crippen molar-refractivity contribution in [1.82, 2.24) is 4.90 Å². The third-order valence-electron chi connectivity index (χ3n) is 5.15. The molecule has 142 valence electrons. The molecule has 27 heavy (non-hydrogen) atoms. The van der Waals surface area contributed by atoms with Gasteiger partial charge in [-0.05, 0) is 30.2 Å². The lowest BCUT2D eigenvalue weighted by Gasteiger charge is -2.44. The van der Waals surface area contributed by atoms with E-state index in [9.17, 15) is 4.79 Å². The first-order valence-electron chi connectivity index (χ1n) is 8.80. The molecule has 1 atom stereocenters. The summed E-state index contributed by atoms with van der Waals surface area (Å²) in [5.41, 5.74) is 1.81. The molecule has 1 unspecified atom stereocenters. The van der Waals surface area contributed by atoms with Crippen molar-refractivity contribution in [3.63, 3.8) is 0 Å². The number of benzene rings is 2. The number of carboxylic acid groups (broad SMARTS) is 1. The van der Waals surface area contributed by atoms with E-state index in [1.54, 1.807) is 18.2 Å². The first-order valence-corrected chi connectivity index (χ1v) is 9.55. The Morgan fingerprint density at radius 1 is 1.19 bits per heavy atom. The molecule has 2 heterocycles. The number of hydrogen-bond donors (Lipinski definition) is 1. The largest absolute Gasteiger partial charge is 0.488 e. The topological polar surface area (TPSA) is 59.0 Å². The van der Waals surface area contributed by atoms with Gasteiger partial charge in [0.1, 0.15) is 13.2 Å². The maximum atomic E-state index is 11.0. The minimum absolute atomic E-state index is 0.196. The van der Waals surface area contributed by atoms with E-state index in [1.807, 2.05) is 18.2 Å². The van der Waals surface area contributed by atoms with Gasteiger partial charge in [0.25, 0.3) is 0 Å². The van der Waals surface area contributed by atoms with Crippen molar-refractivity contribution in [2.24, 2.45) is 5.92 Å². The Morgan fingerprint density at radius 3 is 2.59 bits per heavy atom. The standard InChI is InChI=1S/C20H19Cl2NO4/c21-16-4-2-5-17(22)15(16)11-26-18-6-1-3-12-7-14(10-27-19(12)18)23-8-13(9-23)20(24)25/h1-6,13-14H,7-11H2,(H,24,25). The SMILES string of the molecule is O=C(O)C1CN(C2COc3c(cccc3OCc3c(Cl)cccc3Cl)C2)C1. The van der Waals surface area contributed by atoms with Gasteiger partial charge in [-0.2, -0.15) is 0 Å². The van der Waals surface area contributed by atoms with Crippen molar-refractivity contribution in [3.05, 3.63) is 57.6 Å². The van der Waals surface area contributed by atoms with Crippen LogP contribution >= 0.6 is 23.2 Å². The molecular weight excluding hydrogens is 389 g/mol. The van der Waals surface area contributed by atoms with Gasteiger partial charge in [-0.1, -0.05) is 41.4 Å². The van der Waals surface area contributed by atoms with Gasteiger partial charge in [0.15, 0.2) is 11.5 Å². The summed E-state index contributed by atoms with van der Waals surface area (Å²) in [4.78, 5) is 13.2. The summed E-state index contributed by atoms with van der Waals surface area (Å²) in [5, 5.41) is 10.2. The van der Waals surface area contributed by atoms with Crippen LogP contribution in [0.5, 0.6) is 11.5 Å². The molecule has 0 bridgehead atoms. The van der Waals surface area contributed by atoms with Gasteiger partial charge in [-0.3, -0.25) is 9.69 Å². The Hall–Kier alpha value is -1.95. The molecule has 1 N–H and O–H groups in total. The van der Waals surface area contributed by atoms with E-state index < -0.39 is 5.97 Å². The Balaban J connectivity index is 1.44. The smallest absolute Gasteiger partial charge is 0.309 e. The summed E-state index contributed by atoms with van der Waals surface area (Å²) in [5.74, 6) is 0.417. The second kappa shape index (κ2) is 7.58. The number of carboxylic acids is 1. The van der Waals surface area contributed by atoms with Crippen molar-refractivity contribution >= 4 is 29.2 Å². The molecule has 1 saturated heterocycles. The molecule has 0 aromatic heterocycles. The first kappa shape index (κ1) is 18.4. The number of likely N-dealkylation sites (tertiary alicyclic amines) is 1. The lowest BCUT2D eigenvalue weighted by Crippen LogP contribution is -2.57. The van der Waals surface area contributed by atoms with Gasteiger partial charge in [0, 0.05) is 34.7 Å². The van der Waals surface area contributed by atoms with E-state index in [0.29, 0.717) is 35.5 Å². The van der Waals surface area contributed by atoms with E-state index in [0.717, 1.165) is 23.3 Å². The van der Waals surface area contributed by atoms with Gasteiger partial charge in [0.2, 0.25) is 0 Å². The molecule has 2 aliphatic heterocycles. The minimum Gasteiger partial charge on any atom is -0.488 e. The number of hydrogen-bond acceptors (Lipinski definition) is 4. The number of fused-ring (bicyclic) bond motifs is 1. The fourth-order valence-electron chi connectivity index (χ4n) is 3.51. The van der Waals surface area contributed by atoms with Crippen LogP contribution in [0.15, 0.2) is 36.4 Å². The monoisotopic (exact) mass is 407 g/mol. The fourth-order valence-corrected chi connectivity index (χ4v) is 4.02. The van der Waals surface area contributed by atoms with Crippen LogP contribution in [0.4, 0.5) is 0 Å². The Morgan fingerprint density at radius 2 is 1.89 bits per heavy atom. The van der Waals surface area contributed by atoms with E-state index in [1.165, 1.54) is 0 Å². The van der Waals surface area contributed by atoms with E-state index >= 15 is 0 Å². The van der Waals surface area contributed by atoms with Crippen molar-refractivity contribution in [2.75, 3.05) is 19.7 Å². The number of halogens is 2. The van der Waals surface area contributed by atoms with Crippen molar-refractivity contribution in [2.45, 2.75) is 19.1 Å². The number of rotatable bonds is 5. The maximum absolute atomic E-state index is 11.0. The lowest BCUT2D eigenvalue weighted by atomic mass is 9.93. The summed E-state index contributed by atoms with van der Waals surface area (Å²) in [6.07, 6.45) is 0.811. The van der Waals surface area contributed by atoms with Crippen LogP contribution in [0.25, 0.3) is 0 Å². The van der Waals surface area contributed by atoms with Crippen LogP contribution in [-0.4, -0.2) is 41.7 Å². The second-order valence-electron chi connectivity index (χ2n) is 6.89. The normalized spacial score (nSPS) is 19.7. The van der Waals surface area contributed by atoms with E-state index in [2.05, 4.69) is 4.90 Å². The Labute approximate surface area is 167 Å². The third-order valence-corrected chi connectivity index (χ3v) is 5.85. The summed E-state index contributed by atoms with van der Waals surface area (Å²) in [6, 6.07) is 11.4. The molecule has 4 rings (SSSR count). The summed E-state index contributed by atoms with van der Waals surface area (Å²) in [6.45, 7) is 1.94. The number of carbonyl (C=O) groups is 1. The summed E-state index contributed by atoms with van der Waals surface area (Å²) in [7, 11) is 0. The van der Waals surface area contributed by atoms with Crippen LogP contribution in [0, 0.1) is 5.92 Å². The average molecular weight is 408 g/mol. The van der Waals surface area contributed by atoms with Crippen molar-refractivity contribution < 1.29 is 19.4 Å². The number of nitrogens with zero attached hydrogens (tertiary/aromatic N) is 1. The molecule has 0 radical (unpaired) electrons. The van der Waals surface area contributed by atoms with Crippen molar-refractivity contribution in [1.29, 1.82) is 0 Å². The zero-order valence-electron chi connectivity index (χ0n) is 14.5. The predicted molar refractivity (Wildman–Crippen MR) is 103 cm³/mol. The molecule has 0 amide bonds. The highest BCUT2D eigenvalue weighted by atomic mass is 35.5. The Bertz CT molecular complexity index is 847. The van der Waals surface area contributed by atoms with E-state index in [-0.39, 0.29) is 18.6 Å². The van der Waals surface area contributed by atoms with Gasteiger partial charge in [-0.15, -0.1) is 0 Å². The molecule has 0 aliphatic carbocycles. The zero-order chi connectivity index (χ0) is 19.0. The number of ether oxygens (including phenoxy) is 2. The molecule has 1 fully saturated rings. The predicted octanol–water partition coefficient (Wildman–Crippen LogP) is 3.89. The average Bonchev–Trinajstić information content (AvgIpc) is 2.59. The molecular formula is C20H19Cl2NO4. The van der Waals surface area contributed by atoms with E-state index in [4.69, 9.17) is 37.8 Å². The Kier molecular flexibility index (Phi) is 5.17. The van der Waals surface area contributed by atoms with Crippen LogP contribution in [0.2, 0.25) is 10.0 Å². The molecule has 2 aromatic carbocycles. The zero-order valence-corrected chi connectivity index (χ0v) is 16.0. The van der Waals surface area contributed by atoms with Crippen LogP contribution < -0.4 is 9.47 Å². The molecule has 2 aliphatic rings. The summed E-state index contributed by atoms with van der Waals surface area (Å²) < 4.78 is 11.9.